The first-order valence-corrected chi connectivity index (χ1v) is 7.35. The molecule has 1 aromatic rings. The number of ketones is 1. The van der Waals surface area contributed by atoms with Crippen molar-refractivity contribution in [3.63, 3.8) is 0 Å². The Morgan fingerprint density at radius 2 is 1.56 bits per heavy atom. The van der Waals surface area contributed by atoms with E-state index in [1.807, 2.05) is 0 Å². The third-order valence-corrected chi connectivity index (χ3v) is 3.27. The Kier molecular flexibility index (Phi) is 7.40. The molecule has 1 heteroatoms. The molecule has 0 aliphatic carbocycles. The van der Waals surface area contributed by atoms with Gasteiger partial charge in [0.05, 0.1) is 0 Å². The van der Waals surface area contributed by atoms with Gasteiger partial charge < -0.3 is 0 Å². The molecule has 0 aromatic heterocycles. The minimum Gasteiger partial charge on any atom is -0.299 e. The number of carbonyl (C=O) groups excluding carboxylic acids is 1. The molecule has 0 fully saturated rings. The molecule has 0 saturated carbocycles. The molecule has 1 nitrogen and oxygen atoms in total. The van der Waals surface area contributed by atoms with Crippen LogP contribution in [0.5, 0.6) is 0 Å². The summed E-state index contributed by atoms with van der Waals surface area (Å²) in [4.78, 5) is 11.8. The van der Waals surface area contributed by atoms with Crippen molar-refractivity contribution in [1.82, 2.24) is 0 Å². The summed E-state index contributed by atoms with van der Waals surface area (Å²) >= 11 is 0. The van der Waals surface area contributed by atoms with Crippen LogP contribution in [0.2, 0.25) is 0 Å². The summed E-state index contributed by atoms with van der Waals surface area (Å²) in [5.41, 5.74) is 2.53. The number of benzene rings is 1. The van der Waals surface area contributed by atoms with E-state index in [0.717, 1.165) is 24.8 Å². The fourth-order valence-corrected chi connectivity index (χ4v) is 2.18. The van der Waals surface area contributed by atoms with Crippen molar-refractivity contribution < 1.29 is 4.79 Å². The zero-order chi connectivity index (χ0) is 13.2. The summed E-state index contributed by atoms with van der Waals surface area (Å²) in [7, 11) is 0. The third-order valence-electron chi connectivity index (χ3n) is 3.27. The standard InChI is InChI=1S/C17H26O/c1-3-5-6-7-9-17(18)14-16-12-10-15(8-4-2)11-13-16/h10-13H,3-9,14H2,1-2H3. The predicted molar refractivity (Wildman–Crippen MR) is 77.9 cm³/mol. The van der Waals surface area contributed by atoms with Crippen LogP contribution in [0, 0.1) is 0 Å². The fraction of sp³-hybridized carbons (Fsp3) is 0.588. The summed E-state index contributed by atoms with van der Waals surface area (Å²) < 4.78 is 0. The van der Waals surface area contributed by atoms with Crippen molar-refractivity contribution >= 4 is 5.78 Å². The SMILES string of the molecule is CCCCCCC(=O)Cc1ccc(CCC)cc1. The molecule has 1 aromatic carbocycles. The van der Waals surface area contributed by atoms with E-state index in [-0.39, 0.29) is 0 Å². The van der Waals surface area contributed by atoms with Crippen LogP contribution in [0.3, 0.4) is 0 Å². The molecule has 0 N–H and O–H groups in total. The molecule has 100 valence electrons. The minimum absolute atomic E-state index is 0.384. The summed E-state index contributed by atoms with van der Waals surface area (Å²) in [5, 5.41) is 0. The summed E-state index contributed by atoms with van der Waals surface area (Å²) in [6, 6.07) is 8.52. The quantitative estimate of drug-likeness (QED) is 0.576. The van der Waals surface area contributed by atoms with E-state index in [2.05, 4.69) is 38.1 Å². The Morgan fingerprint density at radius 1 is 0.889 bits per heavy atom. The molecule has 0 atom stereocenters. The zero-order valence-electron chi connectivity index (χ0n) is 11.9. The lowest BCUT2D eigenvalue weighted by atomic mass is 10.0. The second-order valence-electron chi connectivity index (χ2n) is 5.09. The first-order chi connectivity index (χ1) is 8.76. The molecule has 0 heterocycles. The molecule has 0 saturated heterocycles. The van der Waals surface area contributed by atoms with Gasteiger partial charge in [-0.1, -0.05) is 63.8 Å². The first kappa shape index (κ1) is 14.9. The predicted octanol–water partition coefficient (Wildman–Crippen LogP) is 4.72. The summed E-state index contributed by atoms with van der Waals surface area (Å²) in [6.07, 6.45) is 8.39. The van der Waals surface area contributed by atoms with Crippen LogP contribution in [-0.2, 0) is 17.6 Å². The van der Waals surface area contributed by atoms with Gasteiger partial charge in [-0.25, -0.2) is 0 Å². The van der Waals surface area contributed by atoms with E-state index in [1.54, 1.807) is 0 Å². The van der Waals surface area contributed by atoms with Gasteiger partial charge in [0.25, 0.3) is 0 Å². The number of aryl methyl sites for hydroxylation is 1. The molecule has 0 amide bonds. The van der Waals surface area contributed by atoms with Gasteiger partial charge in [0.2, 0.25) is 0 Å². The Labute approximate surface area is 112 Å². The van der Waals surface area contributed by atoms with Crippen molar-refractivity contribution in [2.24, 2.45) is 0 Å². The van der Waals surface area contributed by atoms with E-state index in [4.69, 9.17) is 0 Å². The van der Waals surface area contributed by atoms with Crippen LogP contribution in [0.25, 0.3) is 0 Å². The lowest BCUT2D eigenvalue weighted by molar-refractivity contribution is -0.118. The van der Waals surface area contributed by atoms with E-state index < -0.39 is 0 Å². The Bertz CT molecular complexity index is 337. The van der Waals surface area contributed by atoms with E-state index in [9.17, 15) is 4.79 Å². The van der Waals surface area contributed by atoms with Crippen molar-refractivity contribution in [3.8, 4) is 0 Å². The number of unbranched alkanes of at least 4 members (excludes halogenated alkanes) is 3. The van der Waals surface area contributed by atoms with Crippen LogP contribution < -0.4 is 0 Å². The topological polar surface area (TPSA) is 17.1 Å². The molecular weight excluding hydrogens is 220 g/mol. The third kappa shape index (κ3) is 6.00. The maximum absolute atomic E-state index is 11.8. The first-order valence-electron chi connectivity index (χ1n) is 7.35. The minimum atomic E-state index is 0.384. The fourth-order valence-electron chi connectivity index (χ4n) is 2.18. The maximum Gasteiger partial charge on any atom is 0.137 e. The molecule has 0 bridgehead atoms. The lowest BCUT2D eigenvalue weighted by Gasteiger charge is -2.03. The van der Waals surface area contributed by atoms with Gasteiger partial charge in [-0.3, -0.25) is 4.79 Å². The summed E-state index contributed by atoms with van der Waals surface area (Å²) in [5.74, 6) is 0.384. The lowest BCUT2D eigenvalue weighted by Crippen LogP contribution is -2.02. The Balaban J connectivity index is 2.30. The molecule has 0 spiro atoms. The van der Waals surface area contributed by atoms with Crippen LogP contribution >= 0.6 is 0 Å². The Hall–Kier alpha value is -1.11. The Morgan fingerprint density at radius 3 is 2.17 bits per heavy atom. The van der Waals surface area contributed by atoms with Crippen LogP contribution in [-0.4, -0.2) is 5.78 Å². The van der Waals surface area contributed by atoms with Crippen molar-refractivity contribution in [2.75, 3.05) is 0 Å². The van der Waals surface area contributed by atoms with Gasteiger partial charge in [-0.15, -0.1) is 0 Å². The van der Waals surface area contributed by atoms with Gasteiger partial charge in [0.15, 0.2) is 0 Å². The van der Waals surface area contributed by atoms with Gasteiger partial charge in [0, 0.05) is 12.8 Å². The van der Waals surface area contributed by atoms with Gasteiger partial charge in [0.1, 0.15) is 5.78 Å². The molecule has 0 unspecified atom stereocenters. The second kappa shape index (κ2) is 8.91. The molecule has 0 aliphatic heterocycles. The molecule has 18 heavy (non-hydrogen) atoms. The molecular formula is C17H26O. The molecule has 0 aliphatic rings. The molecule has 1 rings (SSSR count). The average molecular weight is 246 g/mol. The van der Waals surface area contributed by atoms with Crippen molar-refractivity contribution in [1.29, 1.82) is 0 Å². The van der Waals surface area contributed by atoms with Crippen LogP contribution in [0.4, 0.5) is 0 Å². The number of rotatable bonds is 9. The van der Waals surface area contributed by atoms with Crippen molar-refractivity contribution in [3.05, 3.63) is 35.4 Å². The monoisotopic (exact) mass is 246 g/mol. The maximum atomic E-state index is 11.8. The number of hydrogen-bond donors (Lipinski definition) is 0. The van der Waals surface area contributed by atoms with Gasteiger partial charge in [-0.05, 0) is 24.0 Å². The highest BCUT2D eigenvalue weighted by molar-refractivity contribution is 5.80. The number of hydrogen-bond acceptors (Lipinski definition) is 1. The van der Waals surface area contributed by atoms with E-state index in [1.165, 1.54) is 31.2 Å². The van der Waals surface area contributed by atoms with E-state index >= 15 is 0 Å². The highest BCUT2D eigenvalue weighted by Crippen LogP contribution is 2.10. The number of carbonyl (C=O) groups is 1. The smallest absolute Gasteiger partial charge is 0.137 e. The van der Waals surface area contributed by atoms with Gasteiger partial charge in [-0.2, -0.15) is 0 Å². The van der Waals surface area contributed by atoms with Crippen LogP contribution in [0.1, 0.15) is 63.5 Å². The van der Waals surface area contributed by atoms with E-state index in [0.29, 0.717) is 12.2 Å². The second-order valence-corrected chi connectivity index (χ2v) is 5.09. The van der Waals surface area contributed by atoms with Gasteiger partial charge >= 0.3 is 0 Å². The highest BCUT2D eigenvalue weighted by atomic mass is 16.1. The largest absolute Gasteiger partial charge is 0.299 e. The number of Topliss-reactive ketones (excluding diaryl/α,β-unsaturated/α-hetero) is 1. The summed E-state index contributed by atoms with van der Waals surface area (Å²) in [6.45, 7) is 4.38. The average Bonchev–Trinajstić information content (AvgIpc) is 2.37. The highest BCUT2D eigenvalue weighted by Gasteiger charge is 2.03. The van der Waals surface area contributed by atoms with Crippen LogP contribution in [0.15, 0.2) is 24.3 Å². The normalized spacial score (nSPS) is 10.6. The van der Waals surface area contributed by atoms with Crippen molar-refractivity contribution in [2.45, 2.75) is 65.2 Å². The molecule has 0 radical (unpaired) electrons. The zero-order valence-corrected chi connectivity index (χ0v) is 11.9.